The minimum absolute atomic E-state index is 0.0149. The lowest BCUT2D eigenvalue weighted by molar-refractivity contribution is -0.152. The van der Waals surface area contributed by atoms with E-state index in [9.17, 15) is 9.90 Å². The molecule has 2 aromatic rings. The number of carbonyl (C=O) groups excluding carboxylic acids is 1. The average Bonchev–Trinajstić information content (AvgIpc) is 2.75. The lowest BCUT2D eigenvalue weighted by Gasteiger charge is -2.38. The molecule has 0 unspecified atom stereocenters. The van der Waals surface area contributed by atoms with E-state index < -0.39 is 26.6 Å². The van der Waals surface area contributed by atoms with Gasteiger partial charge in [-0.1, -0.05) is 81.4 Å². The predicted octanol–water partition coefficient (Wildman–Crippen LogP) is 4.74. The molecular weight excluding hydrogens is 408 g/mol. The van der Waals surface area contributed by atoms with Crippen LogP contribution in [0.2, 0.25) is 18.1 Å². The van der Waals surface area contributed by atoms with Crippen LogP contribution in [0.4, 0.5) is 0 Å². The van der Waals surface area contributed by atoms with E-state index in [1.165, 1.54) is 0 Å². The number of benzene rings is 2. The van der Waals surface area contributed by atoms with Gasteiger partial charge in [0.25, 0.3) is 0 Å². The molecule has 0 saturated heterocycles. The zero-order chi connectivity index (χ0) is 22.9. The van der Waals surface area contributed by atoms with E-state index in [0.29, 0.717) is 6.29 Å². The molecular formula is C25H36O5Si. The quantitative estimate of drug-likeness (QED) is 0.378. The first-order valence-corrected chi connectivity index (χ1v) is 13.6. The maximum absolute atomic E-state index is 11.9. The highest BCUT2D eigenvalue weighted by molar-refractivity contribution is 6.74. The molecule has 170 valence electrons. The molecule has 0 aliphatic carbocycles. The van der Waals surface area contributed by atoms with E-state index >= 15 is 0 Å². The Kier molecular flexibility index (Phi) is 9.59. The molecule has 0 amide bonds. The average molecular weight is 445 g/mol. The van der Waals surface area contributed by atoms with Gasteiger partial charge in [0.05, 0.1) is 19.8 Å². The summed E-state index contributed by atoms with van der Waals surface area (Å²) in [6.45, 7) is 11.3. The minimum Gasteiger partial charge on any atom is -0.414 e. The van der Waals surface area contributed by atoms with Gasteiger partial charge in [0.1, 0.15) is 18.3 Å². The Labute approximate surface area is 187 Å². The van der Waals surface area contributed by atoms with Crippen LogP contribution in [0.25, 0.3) is 0 Å². The van der Waals surface area contributed by atoms with Crippen LogP contribution in [-0.4, -0.2) is 44.6 Å². The summed E-state index contributed by atoms with van der Waals surface area (Å²) in [5.74, 6) is 0. The summed E-state index contributed by atoms with van der Waals surface area (Å²) in [6.07, 6.45) is -2.05. The summed E-state index contributed by atoms with van der Waals surface area (Å²) in [5, 5.41) is 11.0. The fraction of sp³-hybridized carbons (Fsp3) is 0.480. The van der Waals surface area contributed by atoms with Crippen LogP contribution in [0.1, 0.15) is 31.9 Å². The summed E-state index contributed by atoms with van der Waals surface area (Å²) in [7, 11) is -2.06. The molecule has 5 nitrogen and oxygen atoms in total. The molecule has 0 heterocycles. The summed E-state index contributed by atoms with van der Waals surface area (Å²) in [4.78, 5) is 11.9. The highest BCUT2D eigenvalue weighted by Gasteiger charge is 2.39. The van der Waals surface area contributed by atoms with Gasteiger partial charge in [-0.3, -0.25) is 0 Å². The second kappa shape index (κ2) is 11.7. The van der Waals surface area contributed by atoms with Crippen molar-refractivity contribution in [2.45, 2.75) is 70.4 Å². The first kappa shape index (κ1) is 25.4. The molecule has 0 spiro atoms. The SMILES string of the molecule is CC(C)(C)[Si](C)(C)OC[C@@H](O)[C@@H](OCc1ccccc1)[C@@H](C=O)OCc1ccccc1. The van der Waals surface area contributed by atoms with Crippen molar-refractivity contribution in [3.8, 4) is 0 Å². The van der Waals surface area contributed by atoms with Crippen LogP contribution in [0.3, 0.4) is 0 Å². The molecule has 2 aromatic carbocycles. The third-order valence-electron chi connectivity index (χ3n) is 5.83. The second-order valence-corrected chi connectivity index (χ2v) is 14.1. The van der Waals surface area contributed by atoms with Crippen molar-refractivity contribution in [1.82, 2.24) is 0 Å². The molecule has 0 aliphatic rings. The predicted molar refractivity (Wildman–Crippen MR) is 125 cm³/mol. The van der Waals surface area contributed by atoms with Crippen molar-refractivity contribution < 1.29 is 23.8 Å². The Bertz CT molecular complexity index is 774. The number of carbonyl (C=O) groups is 1. The molecule has 0 saturated carbocycles. The first-order valence-electron chi connectivity index (χ1n) is 10.7. The van der Waals surface area contributed by atoms with Crippen LogP contribution < -0.4 is 0 Å². The van der Waals surface area contributed by atoms with E-state index in [1.54, 1.807) is 0 Å². The van der Waals surface area contributed by atoms with Crippen LogP contribution in [0.15, 0.2) is 60.7 Å². The lowest BCUT2D eigenvalue weighted by atomic mass is 10.1. The van der Waals surface area contributed by atoms with E-state index in [4.69, 9.17) is 13.9 Å². The largest absolute Gasteiger partial charge is 0.414 e. The molecule has 0 aliphatic heterocycles. The van der Waals surface area contributed by atoms with Crippen LogP contribution in [0.5, 0.6) is 0 Å². The Hall–Kier alpha value is -1.83. The zero-order valence-electron chi connectivity index (χ0n) is 19.3. The van der Waals surface area contributed by atoms with E-state index in [1.807, 2.05) is 60.7 Å². The van der Waals surface area contributed by atoms with Crippen LogP contribution in [0, 0.1) is 0 Å². The van der Waals surface area contributed by atoms with Gasteiger partial charge in [0, 0.05) is 0 Å². The molecule has 0 aromatic heterocycles. The van der Waals surface area contributed by atoms with Crippen molar-refractivity contribution >= 4 is 14.6 Å². The number of ether oxygens (including phenoxy) is 2. The summed E-state index contributed by atoms with van der Waals surface area (Å²) < 4.78 is 18.0. The van der Waals surface area contributed by atoms with Crippen LogP contribution in [-0.2, 0) is 31.9 Å². The van der Waals surface area contributed by atoms with Gasteiger partial charge in [-0.2, -0.15) is 0 Å². The number of hydrogen-bond acceptors (Lipinski definition) is 5. The third kappa shape index (κ3) is 7.98. The Morgan fingerprint density at radius 1 is 0.903 bits per heavy atom. The topological polar surface area (TPSA) is 65.0 Å². The summed E-state index contributed by atoms with van der Waals surface area (Å²) in [6, 6.07) is 19.3. The number of aliphatic hydroxyl groups excluding tert-OH is 1. The molecule has 6 heteroatoms. The Balaban J connectivity index is 2.10. The second-order valence-electron chi connectivity index (χ2n) is 9.30. The highest BCUT2D eigenvalue weighted by atomic mass is 28.4. The van der Waals surface area contributed by atoms with E-state index in [0.717, 1.165) is 11.1 Å². The third-order valence-corrected chi connectivity index (χ3v) is 10.3. The van der Waals surface area contributed by atoms with Gasteiger partial charge in [0.15, 0.2) is 14.6 Å². The fourth-order valence-electron chi connectivity index (χ4n) is 2.77. The maximum Gasteiger partial charge on any atom is 0.192 e. The smallest absolute Gasteiger partial charge is 0.192 e. The lowest BCUT2D eigenvalue weighted by Crippen LogP contribution is -2.48. The van der Waals surface area contributed by atoms with Crippen molar-refractivity contribution in [2.24, 2.45) is 0 Å². The van der Waals surface area contributed by atoms with Gasteiger partial charge in [-0.15, -0.1) is 0 Å². The summed E-state index contributed by atoms with van der Waals surface area (Å²) >= 11 is 0. The molecule has 0 fully saturated rings. The molecule has 0 bridgehead atoms. The zero-order valence-corrected chi connectivity index (χ0v) is 20.3. The van der Waals surface area contributed by atoms with E-state index in [-0.39, 0.29) is 24.9 Å². The molecule has 3 atom stereocenters. The number of hydrogen-bond donors (Lipinski definition) is 1. The molecule has 1 N–H and O–H groups in total. The van der Waals surface area contributed by atoms with Crippen molar-refractivity contribution in [3.05, 3.63) is 71.8 Å². The highest BCUT2D eigenvalue weighted by Crippen LogP contribution is 2.36. The molecule has 0 radical (unpaired) electrons. The fourth-order valence-corrected chi connectivity index (χ4v) is 3.80. The van der Waals surface area contributed by atoms with Gasteiger partial charge in [-0.05, 0) is 29.3 Å². The number of rotatable bonds is 12. The normalized spacial score (nSPS) is 15.3. The van der Waals surface area contributed by atoms with Gasteiger partial charge < -0.3 is 23.8 Å². The first-order chi connectivity index (χ1) is 14.6. The molecule has 31 heavy (non-hydrogen) atoms. The number of aldehydes is 1. The minimum atomic E-state index is -2.06. The standard InChI is InChI=1S/C25H36O5Si/c1-25(2,3)31(4,5)30-19-22(27)24(29-18-21-14-10-7-11-15-21)23(16-26)28-17-20-12-8-6-9-13-20/h6-16,22-24,27H,17-19H2,1-5H3/t22-,23-,24-/m1/s1. The Morgan fingerprint density at radius 2 is 1.39 bits per heavy atom. The van der Waals surface area contributed by atoms with Crippen molar-refractivity contribution in [3.63, 3.8) is 0 Å². The van der Waals surface area contributed by atoms with Gasteiger partial charge in [-0.25, -0.2) is 0 Å². The van der Waals surface area contributed by atoms with Crippen LogP contribution >= 0.6 is 0 Å². The van der Waals surface area contributed by atoms with Gasteiger partial charge >= 0.3 is 0 Å². The van der Waals surface area contributed by atoms with Crippen molar-refractivity contribution in [2.75, 3.05) is 6.61 Å². The van der Waals surface area contributed by atoms with E-state index in [2.05, 4.69) is 33.9 Å². The maximum atomic E-state index is 11.9. The summed E-state index contributed by atoms with van der Waals surface area (Å²) in [5.41, 5.74) is 1.90. The Morgan fingerprint density at radius 3 is 1.84 bits per heavy atom. The van der Waals surface area contributed by atoms with Crippen molar-refractivity contribution in [1.29, 1.82) is 0 Å². The monoisotopic (exact) mass is 444 g/mol. The molecule has 2 rings (SSSR count). The van der Waals surface area contributed by atoms with Gasteiger partial charge in [0.2, 0.25) is 0 Å². The number of aliphatic hydroxyl groups is 1.